The first-order chi connectivity index (χ1) is 11.3. The average Bonchev–Trinajstić information content (AvgIpc) is 2.49. The van der Waals surface area contributed by atoms with Gasteiger partial charge in [0.1, 0.15) is 5.75 Å². The van der Waals surface area contributed by atoms with Crippen LogP contribution in [0.5, 0.6) is 5.75 Å². The van der Waals surface area contributed by atoms with E-state index in [0.29, 0.717) is 0 Å². The van der Waals surface area contributed by atoms with E-state index < -0.39 is 0 Å². The molecule has 0 aliphatic rings. The Morgan fingerprint density at radius 2 is 1.33 bits per heavy atom. The molecule has 4 nitrogen and oxygen atoms in total. The summed E-state index contributed by atoms with van der Waals surface area (Å²) in [7, 11) is 10.3. The normalized spacial score (nSPS) is 11.8. The van der Waals surface area contributed by atoms with Crippen molar-refractivity contribution in [3.05, 3.63) is 28.8 Å². The molecule has 0 saturated carbocycles. The first-order valence-corrected chi connectivity index (χ1v) is 8.99. The van der Waals surface area contributed by atoms with Gasteiger partial charge >= 0.3 is 0 Å². The zero-order chi connectivity index (χ0) is 18.1. The van der Waals surface area contributed by atoms with Gasteiger partial charge in [0.15, 0.2) is 0 Å². The SMILES string of the molecule is COc1cc(C)c(CN(CCCN(C)C)CCCN(C)C)cc1C. The number of aryl methyl sites for hydroxylation is 2. The van der Waals surface area contributed by atoms with Crippen molar-refractivity contribution in [1.29, 1.82) is 0 Å². The highest BCUT2D eigenvalue weighted by atomic mass is 16.5. The van der Waals surface area contributed by atoms with Gasteiger partial charge in [0, 0.05) is 6.54 Å². The fourth-order valence-corrected chi connectivity index (χ4v) is 2.97. The van der Waals surface area contributed by atoms with E-state index in [1.165, 1.54) is 29.5 Å². The molecule has 0 fully saturated rings. The molecule has 1 aromatic carbocycles. The molecular weight excluding hydrogens is 298 g/mol. The quantitative estimate of drug-likeness (QED) is 0.619. The molecule has 0 aromatic heterocycles. The number of hydrogen-bond donors (Lipinski definition) is 0. The monoisotopic (exact) mass is 335 g/mol. The standard InChI is InChI=1S/C20H37N3O/c1-17-15-20(24-7)18(2)14-19(17)16-23(12-8-10-21(3)4)13-9-11-22(5)6/h14-15H,8-13,16H2,1-7H3. The van der Waals surface area contributed by atoms with Crippen molar-refractivity contribution in [2.75, 3.05) is 61.5 Å². The van der Waals surface area contributed by atoms with Gasteiger partial charge in [-0.1, -0.05) is 6.07 Å². The molecule has 0 radical (unpaired) electrons. The van der Waals surface area contributed by atoms with Crippen LogP contribution in [0.3, 0.4) is 0 Å². The lowest BCUT2D eigenvalue weighted by Gasteiger charge is -2.25. The molecule has 24 heavy (non-hydrogen) atoms. The second-order valence-electron chi connectivity index (χ2n) is 7.34. The Kier molecular flexibility index (Phi) is 9.34. The number of nitrogens with zero attached hydrogens (tertiary/aromatic N) is 3. The van der Waals surface area contributed by atoms with Crippen molar-refractivity contribution < 1.29 is 4.74 Å². The molecular formula is C20H37N3O. The maximum Gasteiger partial charge on any atom is 0.122 e. The van der Waals surface area contributed by atoms with Crippen LogP contribution in [0.2, 0.25) is 0 Å². The lowest BCUT2D eigenvalue weighted by molar-refractivity contribution is 0.233. The van der Waals surface area contributed by atoms with Gasteiger partial charge in [-0.05, 0) is 104 Å². The summed E-state index contributed by atoms with van der Waals surface area (Å²) in [4.78, 5) is 7.13. The summed E-state index contributed by atoms with van der Waals surface area (Å²) < 4.78 is 5.44. The van der Waals surface area contributed by atoms with Crippen molar-refractivity contribution in [2.24, 2.45) is 0 Å². The fourth-order valence-electron chi connectivity index (χ4n) is 2.97. The van der Waals surface area contributed by atoms with Gasteiger partial charge in [-0.15, -0.1) is 0 Å². The zero-order valence-corrected chi connectivity index (χ0v) is 16.9. The molecule has 1 aromatic rings. The first kappa shape index (κ1) is 20.9. The van der Waals surface area contributed by atoms with Crippen molar-refractivity contribution >= 4 is 0 Å². The van der Waals surface area contributed by atoms with Crippen molar-refractivity contribution in [3.63, 3.8) is 0 Å². The number of ether oxygens (including phenoxy) is 1. The molecule has 138 valence electrons. The molecule has 0 N–H and O–H groups in total. The van der Waals surface area contributed by atoms with E-state index in [9.17, 15) is 0 Å². The van der Waals surface area contributed by atoms with Gasteiger partial charge in [-0.2, -0.15) is 0 Å². The van der Waals surface area contributed by atoms with Crippen LogP contribution in [-0.4, -0.2) is 76.2 Å². The van der Waals surface area contributed by atoms with Crippen LogP contribution in [0.25, 0.3) is 0 Å². The van der Waals surface area contributed by atoms with E-state index in [0.717, 1.165) is 38.5 Å². The topological polar surface area (TPSA) is 19.0 Å². The first-order valence-electron chi connectivity index (χ1n) is 8.99. The molecule has 0 aliphatic carbocycles. The molecule has 0 aliphatic heterocycles. The molecule has 1 rings (SSSR count). The van der Waals surface area contributed by atoms with Gasteiger partial charge in [0.2, 0.25) is 0 Å². The third-order valence-corrected chi connectivity index (χ3v) is 4.41. The average molecular weight is 336 g/mol. The van der Waals surface area contributed by atoms with E-state index in [-0.39, 0.29) is 0 Å². The fraction of sp³-hybridized carbons (Fsp3) is 0.700. The van der Waals surface area contributed by atoms with Gasteiger partial charge in [0.05, 0.1) is 7.11 Å². The Labute approximate surface area is 149 Å². The summed E-state index contributed by atoms with van der Waals surface area (Å²) in [6.45, 7) is 9.93. The summed E-state index contributed by atoms with van der Waals surface area (Å²) in [5, 5.41) is 0. The van der Waals surface area contributed by atoms with Crippen molar-refractivity contribution in [1.82, 2.24) is 14.7 Å². The molecule has 0 unspecified atom stereocenters. The summed E-state index contributed by atoms with van der Waals surface area (Å²) in [5.41, 5.74) is 3.96. The molecule has 0 amide bonds. The molecule has 0 saturated heterocycles. The van der Waals surface area contributed by atoms with E-state index in [1.54, 1.807) is 7.11 Å². The van der Waals surface area contributed by atoms with Gasteiger partial charge in [-0.25, -0.2) is 0 Å². The Bertz CT molecular complexity index is 472. The van der Waals surface area contributed by atoms with Gasteiger partial charge in [-0.3, -0.25) is 4.90 Å². The van der Waals surface area contributed by atoms with Gasteiger partial charge in [0.25, 0.3) is 0 Å². The Hall–Kier alpha value is -1.10. The second-order valence-corrected chi connectivity index (χ2v) is 7.34. The molecule has 0 heterocycles. The lowest BCUT2D eigenvalue weighted by Crippen LogP contribution is -2.30. The van der Waals surface area contributed by atoms with Crippen LogP contribution < -0.4 is 4.74 Å². The van der Waals surface area contributed by atoms with Crippen molar-refractivity contribution in [2.45, 2.75) is 33.2 Å². The second kappa shape index (κ2) is 10.7. The summed E-state index contributed by atoms with van der Waals surface area (Å²) in [5.74, 6) is 0.989. The predicted molar refractivity (Wildman–Crippen MR) is 104 cm³/mol. The van der Waals surface area contributed by atoms with E-state index in [2.05, 4.69) is 68.9 Å². The largest absolute Gasteiger partial charge is 0.496 e. The zero-order valence-electron chi connectivity index (χ0n) is 16.9. The summed E-state index contributed by atoms with van der Waals surface area (Å²) >= 11 is 0. The third kappa shape index (κ3) is 7.65. The van der Waals surface area contributed by atoms with Crippen LogP contribution in [-0.2, 0) is 6.54 Å². The minimum Gasteiger partial charge on any atom is -0.496 e. The van der Waals surface area contributed by atoms with Crippen LogP contribution in [0.15, 0.2) is 12.1 Å². The maximum atomic E-state index is 5.44. The van der Waals surface area contributed by atoms with E-state index in [1.807, 2.05) is 0 Å². The highest BCUT2D eigenvalue weighted by Gasteiger charge is 2.11. The molecule has 0 spiro atoms. The van der Waals surface area contributed by atoms with Gasteiger partial charge < -0.3 is 14.5 Å². The molecule has 4 heteroatoms. The predicted octanol–water partition coefficient (Wildman–Crippen LogP) is 3.02. The van der Waals surface area contributed by atoms with Crippen LogP contribution in [0.4, 0.5) is 0 Å². The van der Waals surface area contributed by atoms with Crippen LogP contribution in [0.1, 0.15) is 29.5 Å². The Balaban J connectivity index is 2.73. The lowest BCUT2D eigenvalue weighted by atomic mass is 10.0. The minimum absolute atomic E-state index is 0.989. The number of benzene rings is 1. The number of hydrogen-bond acceptors (Lipinski definition) is 4. The highest BCUT2D eigenvalue weighted by molar-refractivity contribution is 5.41. The van der Waals surface area contributed by atoms with E-state index in [4.69, 9.17) is 4.74 Å². The van der Waals surface area contributed by atoms with Crippen LogP contribution >= 0.6 is 0 Å². The maximum absolute atomic E-state index is 5.44. The van der Waals surface area contributed by atoms with Crippen molar-refractivity contribution in [3.8, 4) is 5.75 Å². The van der Waals surface area contributed by atoms with Crippen LogP contribution in [0, 0.1) is 13.8 Å². The highest BCUT2D eigenvalue weighted by Crippen LogP contribution is 2.23. The number of rotatable bonds is 11. The Morgan fingerprint density at radius 3 is 1.79 bits per heavy atom. The molecule has 0 bridgehead atoms. The number of methoxy groups -OCH3 is 1. The molecule has 0 atom stereocenters. The smallest absolute Gasteiger partial charge is 0.122 e. The summed E-state index contributed by atoms with van der Waals surface area (Å²) in [6, 6.07) is 4.46. The minimum atomic E-state index is 0.989. The third-order valence-electron chi connectivity index (χ3n) is 4.41. The Morgan fingerprint density at radius 1 is 0.792 bits per heavy atom. The van der Waals surface area contributed by atoms with E-state index >= 15 is 0 Å². The summed E-state index contributed by atoms with van der Waals surface area (Å²) in [6.07, 6.45) is 2.42.